The molecule has 0 aliphatic rings. The second-order valence-electron chi connectivity index (χ2n) is 4.47. The summed E-state index contributed by atoms with van der Waals surface area (Å²) in [4.78, 5) is 11.4. The van der Waals surface area contributed by atoms with Gasteiger partial charge in [-0.15, -0.1) is 0 Å². The molecule has 1 unspecified atom stereocenters. The fourth-order valence-electron chi connectivity index (χ4n) is 1.82. The predicted octanol–water partition coefficient (Wildman–Crippen LogP) is 3.22. The van der Waals surface area contributed by atoms with Crippen LogP contribution in [0.2, 0.25) is 0 Å². The topological polar surface area (TPSA) is 35.5 Å². The van der Waals surface area contributed by atoms with Crippen molar-refractivity contribution in [3.05, 3.63) is 42.0 Å². The minimum Gasteiger partial charge on any atom is -0.475 e. The maximum absolute atomic E-state index is 11.4. The van der Waals surface area contributed by atoms with Gasteiger partial charge in [0.1, 0.15) is 5.75 Å². The average molecular weight is 248 g/mol. The van der Waals surface area contributed by atoms with E-state index in [0.29, 0.717) is 11.7 Å². The number of hydrogen-bond donors (Lipinski definition) is 0. The van der Waals surface area contributed by atoms with Gasteiger partial charge in [0.15, 0.2) is 0 Å². The number of ether oxygens (including phenoxy) is 2. The molecule has 18 heavy (non-hydrogen) atoms. The molecule has 1 aromatic carbocycles. The molecule has 0 spiro atoms. The van der Waals surface area contributed by atoms with Crippen LogP contribution in [0.5, 0.6) is 5.75 Å². The van der Waals surface area contributed by atoms with Crippen molar-refractivity contribution in [2.75, 3.05) is 7.11 Å². The number of methoxy groups -OCH3 is 1. The van der Waals surface area contributed by atoms with E-state index in [1.807, 2.05) is 25.1 Å². The Morgan fingerprint density at radius 3 is 2.50 bits per heavy atom. The number of carbonyl (C=O) groups is 1. The lowest BCUT2D eigenvalue weighted by molar-refractivity contribution is -0.146. The van der Waals surface area contributed by atoms with Gasteiger partial charge in [-0.3, -0.25) is 0 Å². The van der Waals surface area contributed by atoms with Crippen molar-refractivity contribution < 1.29 is 14.3 Å². The molecule has 0 N–H and O–H groups in total. The van der Waals surface area contributed by atoms with Crippen LogP contribution in [0, 0.1) is 6.92 Å². The molecule has 0 amide bonds. The van der Waals surface area contributed by atoms with Crippen molar-refractivity contribution in [2.45, 2.75) is 32.8 Å². The van der Waals surface area contributed by atoms with Crippen molar-refractivity contribution in [1.29, 1.82) is 0 Å². The summed E-state index contributed by atoms with van der Waals surface area (Å²) in [6.45, 7) is 9.89. The third kappa shape index (κ3) is 3.36. The lowest BCUT2D eigenvalue weighted by atomic mass is 9.98. The summed E-state index contributed by atoms with van der Waals surface area (Å²) in [5.74, 6) is 0.664. The Morgan fingerprint density at radius 1 is 1.39 bits per heavy atom. The fraction of sp³-hybridized carbons (Fsp3) is 0.400. The van der Waals surface area contributed by atoms with E-state index in [0.717, 1.165) is 5.56 Å². The summed E-state index contributed by atoms with van der Waals surface area (Å²) in [7, 11) is 1.33. The molecule has 0 aromatic heterocycles. The van der Waals surface area contributed by atoms with Crippen molar-refractivity contribution in [1.82, 2.24) is 0 Å². The third-order valence-corrected chi connectivity index (χ3v) is 2.77. The lowest BCUT2D eigenvalue weighted by Crippen LogP contribution is -2.26. The van der Waals surface area contributed by atoms with Gasteiger partial charge in [-0.2, -0.15) is 0 Å². The first kappa shape index (κ1) is 14.3. The molecule has 0 fully saturated rings. The highest BCUT2D eigenvalue weighted by Gasteiger charge is 2.17. The van der Waals surface area contributed by atoms with Crippen molar-refractivity contribution in [2.24, 2.45) is 0 Å². The van der Waals surface area contributed by atoms with Crippen LogP contribution in [0.3, 0.4) is 0 Å². The van der Waals surface area contributed by atoms with Gasteiger partial charge in [0, 0.05) is 0 Å². The second-order valence-corrected chi connectivity index (χ2v) is 4.47. The Labute approximate surface area is 108 Å². The van der Waals surface area contributed by atoms with Gasteiger partial charge in [-0.1, -0.05) is 26.5 Å². The maximum atomic E-state index is 11.4. The van der Waals surface area contributed by atoms with Crippen LogP contribution in [-0.2, 0) is 9.53 Å². The Bertz CT molecular complexity index is 435. The van der Waals surface area contributed by atoms with Crippen molar-refractivity contribution in [3.63, 3.8) is 0 Å². The number of hydrogen-bond acceptors (Lipinski definition) is 3. The Morgan fingerprint density at radius 2 is 2.06 bits per heavy atom. The molecule has 98 valence electrons. The monoisotopic (exact) mass is 248 g/mol. The second kappa shape index (κ2) is 6.24. The van der Waals surface area contributed by atoms with Crippen LogP contribution >= 0.6 is 0 Å². The third-order valence-electron chi connectivity index (χ3n) is 2.77. The molecular weight excluding hydrogens is 228 g/mol. The summed E-state index contributed by atoms with van der Waals surface area (Å²) in [6, 6.07) is 5.81. The smallest absolute Gasteiger partial charge is 0.351 e. The van der Waals surface area contributed by atoms with E-state index in [2.05, 4.69) is 25.2 Å². The standard InChI is InChI=1S/C15H20O3/c1-6-14(15(16)17-5)18-12-7-8-13(10(2)3)11(4)9-12/h6-10,14H,1H2,2-5H3. The van der Waals surface area contributed by atoms with Crippen LogP contribution in [0.25, 0.3) is 0 Å². The molecule has 3 heteroatoms. The molecule has 0 radical (unpaired) electrons. The van der Waals surface area contributed by atoms with Gasteiger partial charge in [0.05, 0.1) is 7.11 Å². The Balaban J connectivity index is 2.88. The number of aryl methyl sites for hydroxylation is 1. The van der Waals surface area contributed by atoms with Crippen molar-refractivity contribution >= 4 is 5.97 Å². The zero-order valence-electron chi connectivity index (χ0n) is 11.4. The molecule has 0 saturated heterocycles. The van der Waals surface area contributed by atoms with E-state index in [1.54, 1.807) is 0 Å². The molecule has 0 aliphatic heterocycles. The summed E-state index contributed by atoms with van der Waals surface area (Å²) in [6.07, 6.45) is 0.664. The van der Waals surface area contributed by atoms with Gasteiger partial charge in [0.25, 0.3) is 0 Å². The van der Waals surface area contributed by atoms with E-state index in [4.69, 9.17) is 4.74 Å². The van der Waals surface area contributed by atoms with Crippen LogP contribution in [0.15, 0.2) is 30.9 Å². The minimum absolute atomic E-state index is 0.449. The molecule has 1 atom stereocenters. The average Bonchev–Trinajstić information content (AvgIpc) is 2.34. The van der Waals surface area contributed by atoms with Crippen LogP contribution < -0.4 is 4.74 Å². The molecule has 0 aliphatic carbocycles. The zero-order chi connectivity index (χ0) is 13.7. The molecular formula is C15H20O3. The first-order valence-electron chi connectivity index (χ1n) is 5.97. The van der Waals surface area contributed by atoms with E-state index in [1.165, 1.54) is 18.7 Å². The van der Waals surface area contributed by atoms with Crippen LogP contribution in [0.1, 0.15) is 30.9 Å². The number of rotatable bonds is 5. The summed E-state index contributed by atoms with van der Waals surface area (Å²) < 4.78 is 10.2. The van der Waals surface area contributed by atoms with E-state index >= 15 is 0 Å². The van der Waals surface area contributed by atoms with Gasteiger partial charge < -0.3 is 9.47 Å². The fourth-order valence-corrected chi connectivity index (χ4v) is 1.82. The molecule has 3 nitrogen and oxygen atoms in total. The van der Waals surface area contributed by atoms with E-state index < -0.39 is 12.1 Å². The minimum atomic E-state index is -0.765. The Kier molecular flexibility index (Phi) is 4.95. The van der Waals surface area contributed by atoms with Gasteiger partial charge in [0.2, 0.25) is 6.10 Å². The maximum Gasteiger partial charge on any atom is 0.351 e. The highest BCUT2D eigenvalue weighted by Crippen LogP contribution is 2.24. The first-order valence-corrected chi connectivity index (χ1v) is 5.97. The largest absolute Gasteiger partial charge is 0.475 e. The summed E-state index contributed by atoms with van der Waals surface area (Å²) in [5.41, 5.74) is 2.42. The van der Waals surface area contributed by atoms with Gasteiger partial charge in [-0.25, -0.2) is 4.79 Å². The van der Waals surface area contributed by atoms with Crippen LogP contribution in [-0.4, -0.2) is 19.2 Å². The number of benzene rings is 1. The zero-order valence-corrected chi connectivity index (χ0v) is 11.4. The number of carbonyl (C=O) groups excluding carboxylic acids is 1. The quantitative estimate of drug-likeness (QED) is 0.593. The predicted molar refractivity (Wildman–Crippen MR) is 71.9 cm³/mol. The van der Waals surface area contributed by atoms with E-state index in [-0.39, 0.29) is 0 Å². The SMILES string of the molecule is C=CC(Oc1ccc(C(C)C)c(C)c1)C(=O)OC. The highest BCUT2D eigenvalue weighted by molar-refractivity contribution is 5.77. The normalized spacial score (nSPS) is 12.1. The molecule has 0 heterocycles. The lowest BCUT2D eigenvalue weighted by Gasteiger charge is -2.15. The van der Waals surface area contributed by atoms with Crippen molar-refractivity contribution in [3.8, 4) is 5.75 Å². The molecule has 1 rings (SSSR count). The number of esters is 1. The first-order chi connectivity index (χ1) is 8.49. The molecule has 0 bridgehead atoms. The van der Waals surface area contributed by atoms with Crippen LogP contribution in [0.4, 0.5) is 0 Å². The molecule has 0 saturated carbocycles. The summed E-state index contributed by atoms with van der Waals surface area (Å²) in [5, 5.41) is 0. The summed E-state index contributed by atoms with van der Waals surface area (Å²) >= 11 is 0. The highest BCUT2D eigenvalue weighted by atomic mass is 16.6. The molecule has 1 aromatic rings. The Hall–Kier alpha value is -1.77. The van der Waals surface area contributed by atoms with Gasteiger partial charge in [-0.05, 0) is 42.2 Å². The van der Waals surface area contributed by atoms with Gasteiger partial charge >= 0.3 is 5.97 Å². The van der Waals surface area contributed by atoms with E-state index in [9.17, 15) is 4.79 Å².